The minimum Gasteiger partial charge on any atom is -0.397 e. The van der Waals surface area contributed by atoms with E-state index in [1.54, 1.807) is 0 Å². The molecule has 0 aliphatic carbocycles. The molecule has 1 aromatic carbocycles. The van der Waals surface area contributed by atoms with Gasteiger partial charge in [-0.2, -0.15) is 0 Å². The number of pyridine rings is 1. The van der Waals surface area contributed by atoms with Crippen molar-refractivity contribution in [2.24, 2.45) is 0 Å². The van der Waals surface area contributed by atoms with Crippen LogP contribution in [0, 0.1) is 13.8 Å². The van der Waals surface area contributed by atoms with Gasteiger partial charge in [0.05, 0.1) is 23.3 Å². The standard InChI is InChI=1S/C13H15N3/c1-9-7-10(2)15-8-13(9)16-12-6-4-3-5-11(12)14/h3-8,16H,14H2,1-2H3. The van der Waals surface area contributed by atoms with E-state index in [0.29, 0.717) is 0 Å². The summed E-state index contributed by atoms with van der Waals surface area (Å²) in [7, 11) is 0. The third kappa shape index (κ3) is 2.14. The Kier molecular flexibility index (Phi) is 2.77. The summed E-state index contributed by atoms with van der Waals surface area (Å²) >= 11 is 0. The first-order chi connectivity index (χ1) is 7.66. The lowest BCUT2D eigenvalue weighted by atomic mass is 10.2. The van der Waals surface area contributed by atoms with Crippen LogP contribution in [0.1, 0.15) is 11.3 Å². The van der Waals surface area contributed by atoms with Gasteiger partial charge in [-0.25, -0.2) is 0 Å². The Morgan fingerprint density at radius 2 is 1.88 bits per heavy atom. The molecule has 0 fully saturated rings. The molecular formula is C13H15N3. The van der Waals surface area contributed by atoms with Crippen LogP contribution in [-0.2, 0) is 0 Å². The molecule has 3 N–H and O–H groups in total. The molecule has 0 bridgehead atoms. The maximum absolute atomic E-state index is 5.87. The molecule has 16 heavy (non-hydrogen) atoms. The van der Waals surface area contributed by atoms with E-state index in [9.17, 15) is 0 Å². The molecule has 0 spiro atoms. The summed E-state index contributed by atoms with van der Waals surface area (Å²) in [4.78, 5) is 4.26. The Balaban J connectivity index is 2.31. The number of rotatable bonds is 2. The fourth-order valence-corrected chi connectivity index (χ4v) is 1.58. The third-order valence-electron chi connectivity index (χ3n) is 2.48. The Hall–Kier alpha value is -2.03. The zero-order valence-electron chi connectivity index (χ0n) is 9.49. The normalized spacial score (nSPS) is 10.1. The van der Waals surface area contributed by atoms with Gasteiger partial charge in [0.2, 0.25) is 0 Å². The number of nitrogens with two attached hydrogens (primary N) is 1. The Labute approximate surface area is 95.3 Å². The Bertz CT molecular complexity index is 506. The highest BCUT2D eigenvalue weighted by atomic mass is 14.9. The average molecular weight is 213 g/mol. The van der Waals surface area contributed by atoms with Crippen molar-refractivity contribution in [3.05, 3.63) is 47.8 Å². The molecule has 0 atom stereocenters. The summed E-state index contributed by atoms with van der Waals surface area (Å²) in [5.41, 5.74) is 10.7. The molecule has 2 aromatic rings. The van der Waals surface area contributed by atoms with Crippen LogP contribution in [0.15, 0.2) is 36.5 Å². The van der Waals surface area contributed by atoms with Gasteiger partial charge in [-0.1, -0.05) is 12.1 Å². The third-order valence-corrected chi connectivity index (χ3v) is 2.48. The molecule has 0 unspecified atom stereocenters. The second-order valence-electron chi connectivity index (χ2n) is 3.85. The lowest BCUT2D eigenvalue weighted by Crippen LogP contribution is -1.98. The monoisotopic (exact) mass is 213 g/mol. The Morgan fingerprint density at radius 3 is 2.56 bits per heavy atom. The topological polar surface area (TPSA) is 50.9 Å². The molecule has 3 nitrogen and oxygen atoms in total. The van der Waals surface area contributed by atoms with Crippen LogP contribution in [0.4, 0.5) is 17.1 Å². The van der Waals surface area contributed by atoms with E-state index < -0.39 is 0 Å². The van der Waals surface area contributed by atoms with Crippen LogP contribution < -0.4 is 11.1 Å². The van der Waals surface area contributed by atoms with E-state index in [1.807, 2.05) is 43.5 Å². The molecule has 1 aromatic heterocycles. The number of anilines is 3. The number of para-hydroxylation sites is 2. The average Bonchev–Trinajstić information content (AvgIpc) is 2.25. The van der Waals surface area contributed by atoms with E-state index in [4.69, 9.17) is 5.73 Å². The van der Waals surface area contributed by atoms with E-state index >= 15 is 0 Å². The highest BCUT2D eigenvalue weighted by Crippen LogP contribution is 2.24. The van der Waals surface area contributed by atoms with Crippen molar-refractivity contribution in [1.82, 2.24) is 4.98 Å². The molecule has 2 rings (SSSR count). The smallest absolute Gasteiger partial charge is 0.0618 e. The number of aromatic nitrogens is 1. The lowest BCUT2D eigenvalue weighted by Gasteiger charge is -2.11. The second-order valence-corrected chi connectivity index (χ2v) is 3.85. The molecule has 0 saturated carbocycles. The van der Waals surface area contributed by atoms with Crippen molar-refractivity contribution in [2.75, 3.05) is 11.1 Å². The number of hydrogen-bond acceptors (Lipinski definition) is 3. The van der Waals surface area contributed by atoms with Crippen LogP contribution in [-0.4, -0.2) is 4.98 Å². The summed E-state index contributed by atoms with van der Waals surface area (Å²) in [5, 5.41) is 3.28. The van der Waals surface area contributed by atoms with E-state index in [1.165, 1.54) is 0 Å². The van der Waals surface area contributed by atoms with Crippen LogP contribution >= 0.6 is 0 Å². The maximum Gasteiger partial charge on any atom is 0.0618 e. The van der Waals surface area contributed by atoms with Gasteiger partial charge < -0.3 is 11.1 Å². The van der Waals surface area contributed by atoms with E-state index in [-0.39, 0.29) is 0 Å². The van der Waals surface area contributed by atoms with Gasteiger partial charge in [-0.3, -0.25) is 4.98 Å². The molecule has 0 amide bonds. The molecule has 0 aliphatic rings. The minimum atomic E-state index is 0.738. The van der Waals surface area contributed by atoms with Crippen LogP contribution in [0.3, 0.4) is 0 Å². The quantitative estimate of drug-likeness (QED) is 0.754. The number of benzene rings is 1. The maximum atomic E-state index is 5.87. The molecule has 3 heteroatoms. The van der Waals surface area contributed by atoms with E-state index in [2.05, 4.69) is 17.2 Å². The van der Waals surface area contributed by atoms with Gasteiger partial charge in [0.15, 0.2) is 0 Å². The van der Waals surface area contributed by atoms with Crippen molar-refractivity contribution in [3.63, 3.8) is 0 Å². The number of aryl methyl sites for hydroxylation is 2. The zero-order chi connectivity index (χ0) is 11.5. The van der Waals surface area contributed by atoms with Crippen molar-refractivity contribution >= 4 is 17.1 Å². The molecule has 82 valence electrons. The number of nitrogen functional groups attached to an aromatic ring is 1. The van der Waals surface area contributed by atoms with Gasteiger partial charge in [-0.05, 0) is 37.6 Å². The Morgan fingerprint density at radius 1 is 1.12 bits per heavy atom. The largest absolute Gasteiger partial charge is 0.397 e. The molecule has 1 heterocycles. The first-order valence-corrected chi connectivity index (χ1v) is 5.21. The summed E-state index contributed by atoms with van der Waals surface area (Å²) in [6, 6.07) is 9.74. The zero-order valence-corrected chi connectivity index (χ0v) is 9.49. The lowest BCUT2D eigenvalue weighted by molar-refractivity contribution is 1.18. The van der Waals surface area contributed by atoms with Gasteiger partial charge in [0.25, 0.3) is 0 Å². The highest BCUT2D eigenvalue weighted by molar-refractivity contribution is 5.73. The number of hydrogen-bond donors (Lipinski definition) is 2. The van der Waals surface area contributed by atoms with Crippen molar-refractivity contribution in [2.45, 2.75) is 13.8 Å². The predicted octanol–water partition coefficient (Wildman–Crippen LogP) is 3.02. The van der Waals surface area contributed by atoms with Gasteiger partial charge in [0, 0.05) is 5.69 Å². The summed E-state index contributed by atoms with van der Waals surface area (Å²) in [6.07, 6.45) is 1.83. The fraction of sp³-hybridized carbons (Fsp3) is 0.154. The number of nitrogens with zero attached hydrogens (tertiary/aromatic N) is 1. The summed E-state index contributed by atoms with van der Waals surface area (Å²) in [5.74, 6) is 0. The first kappa shape index (κ1) is 10.5. The van der Waals surface area contributed by atoms with Crippen LogP contribution in [0.25, 0.3) is 0 Å². The van der Waals surface area contributed by atoms with Crippen LogP contribution in [0.2, 0.25) is 0 Å². The SMILES string of the molecule is Cc1cc(C)c(Nc2ccccc2N)cn1. The number of nitrogens with one attached hydrogen (secondary N) is 1. The van der Waals surface area contributed by atoms with Crippen molar-refractivity contribution in [1.29, 1.82) is 0 Å². The fourth-order valence-electron chi connectivity index (χ4n) is 1.58. The van der Waals surface area contributed by atoms with Gasteiger partial charge >= 0.3 is 0 Å². The van der Waals surface area contributed by atoms with Gasteiger partial charge in [-0.15, -0.1) is 0 Å². The second kappa shape index (κ2) is 4.23. The molecular weight excluding hydrogens is 198 g/mol. The van der Waals surface area contributed by atoms with Crippen LogP contribution in [0.5, 0.6) is 0 Å². The highest BCUT2D eigenvalue weighted by Gasteiger charge is 2.02. The van der Waals surface area contributed by atoms with Crippen molar-refractivity contribution < 1.29 is 0 Å². The molecule has 0 saturated heterocycles. The summed E-state index contributed by atoms with van der Waals surface area (Å²) in [6.45, 7) is 4.03. The molecule has 0 radical (unpaired) electrons. The van der Waals surface area contributed by atoms with E-state index in [0.717, 1.165) is 28.3 Å². The molecule has 0 aliphatic heterocycles. The summed E-state index contributed by atoms with van der Waals surface area (Å²) < 4.78 is 0. The minimum absolute atomic E-state index is 0.738. The van der Waals surface area contributed by atoms with Crippen molar-refractivity contribution in [3.8, 4) is 0 Å². The predicted molar refractivity (Wildman–Crippen MR) is 67.8 cm³/mol. The first-order valence-electron chi connectivity index (χ1n) is 5.21. The van der Waals surface area contributed by atoms with Gasteiger partial charge in [0.1, 0.15) is 0 Å².